The Balaban J connectivity index is 2.06. The van der Waals surface area contributed by atoms with Gasteiger partial charge in [0.15, 0.2) is 5.82 Å². The Labute approximate surface area is 131 Å². The average Bonchev–Trinajstić information content (AvgIpc) is 2.81. The second-order valence-corrected chi connectivity index (χ2v) is 7.87. The average molecular weight is 356 g/mol. The highest BCUT2D eigenvalue weighted by Crippen LogP contribution is 2.45. The summed E-state index contributed by atoms with van der Waals surface area (Å²) in [6, 6.07) is 3.49. The van der Waals surface area contributed by atoms with Crippen molar-refractivity contribution in [2.45, 2.75) is 45.4 Å². The van der Waals surface area contributed by atoms with Crippen molar-refractivity contribution in [3.63, 3.8) is 0 Å². The van der Waals surface area contributed by atoms with Crippen LogP contribution in [0.25, 0.3) is 10.2 Å². The van der Waals surface area contributed by atoms with E-state index in [4.69, 9.17) is 0 Å². The van der Waals surface area contributed by atoms with Crippen LogP contribution in [0.2, 0.25) is 0 Å². The molecule has 108 valence electrons. The van der Waals surface area contributed by atoms with Crippen LogP contribution in [0.4, 0.5) is 4.39 Å². The SMILES string of the molecule is CCC1CCCC(C)C1c1nc2c(F)cc(Br)cc2s1. The lowest BCUT2D eigenvalue weighted by atomic mass is 9.72. The molecule has 0 saturated heterocycles. The predicted molar refractivity (Wildman–Crippen MR) is 86.8 cm³/mol. The Bertz CT molecular complexity index is 624. The Morgan fingerprint density at radius 3 is 2.95 bits per heavy atom. The quantitative estimate of drug-likeness (QED) is 0.631. The van der Waals surface area contributed by atoms with Crippen LogP contribution < -0.4 is 0 Å². The topological polar surface area (TPSA) is 12.9 Å². The highest BCUT2D eigenvalue weighted by Gasteiger charge is 2.33. The van der Waals surface area contributed by atoms with Crippen LogP contribution in [-0.4, -0.2) is 4.98 Å². The van der Waals surface area contributed by atoms with Crippen molar-refractivity contribution in [2.24, 2.45) is 11.8 Å². The van der Waals surface area contributed by atoms with Crippen LogP contribution in [0.3, 0.4) is 0 Å². The van der Waals surface area contributed by atoms with Crippen molar-refractivity contribution < 1.29 is 4.39 Å². The lowest BCUT2D eigenvalue weighted by molar-refractivity contribution is 0.227. The van der Waals surface area contributed by atoms with Gasteiger partial charge in [-0.15, -0.1) is 11.3 Å². The summed E-state index contributed by atoms with van der Waals surface area (Å²) < 4.78 is 15.8. The van der Waals surface area contributed by atoms with Crippen molar-refractivity contribution in [3.05, 3.63) is 27.4 Å². The van der Waals surface area contributed by atoms with Crippen molar-refractivity contribution in [1.82, 2.24) is 4.98 Å². The van der Waals surface area contributed by atoms with Crippen LogP contribution in [0.5, 0.6) is 0 Å². The van der Waals surface area contributed by atoms with E-state index in [0.29, 0.717) is 23.3 Å². The first-order valence-electron chi connectivity index (χ1n) is 7.35. The largest absolute Gasteiger partial charge is 0.238 e. The molecule has 1 saturated carbocycles. The lowest BCUT2D eigenvalue weighted by Gasteiger charge is -2.34. The molecule has 3 unspecified atom stereocenters. The third-order valence-corrected chi connectivity index (χ3v) is 6.16. The third kappa shape index (κ3) is 2.52. The number of aromatic nitrogens is 1. The van der Waals surface area contributed by atoms with Crippen molar-refractivity contribution >= 4 is 37.5 Å². The monoisotopic (exact) mass is 355 g/mol. The minimum atomic E-state index is -0.214. The summed E-state index contributed by atoms with van der Waals surface area (Å²) in [5, 5.41) is 1.14. The summed E-state index contributed by atoms with van der Waals surface area (Å²) in [7, 11) is 0. The molecule has 3 atom stereocenters. The first-order valence-corrected chi connectivity index (χ1v) is 8.96. The van der Waals surface area contributed by atoms with Gasteiger partial charge in [-0.05, 0) is 30.4 Å². The molecule has 3 rings (SSSR count). The molecule has 1 aromatic carbocycles. The molecular formula is C16H19BrFNS. The molecule has 1 fully saturated rings. The van der Waals surface area contributed by atoms with Gasteiger partial charge in [-0.2, -0.15) is 0 Å². The highest BCUT2D eigenvalue weighted by atomic mass is 79.9. The van der Waals surface area contributed by atoms with Crippen molar-refractivity contribution in [2.75, 3.05) is 0 Å². The number of rotatable bonds is 2. The van der Waals surface area contributed by atoms with Gasteiger partial charge in [0.05, 0.1) is 9.71 Å². The molecule has 0 radical (unpaired) electrons. The smallest absolute Gasteiger partial charge is 0.151 e. The maximum atomic E-state index is 14.0. The van der Waals surface area contributed by atoms with E-state index in [2.05, 4.69) is 34.8 Å². The first-order chi connectivity index (χ1) is 9.60. The fourth-order valence-electron chi connectivity index (χ4n) is 3.55. The molecule has 1 nitrogen and oxygen atoms in total. The normalized spacial score (nSPS) is 27.1. The Hall–Kier alpha value is -0.480. The number of hydrogen-bond donors (Lipinski definition) is 0. The van der Waals surface area contributed by atoms with Gasteiger partial charge in [0.1, 0.15) is 5.52 Å². The molecule has 1 heterocycles. The zero-order valence-corrected chi connectivity index (χ0v) is 14.2. The Kier molecular flexibility index (Phi) is 4.14. The molecule has 0 spiro atoms. The van der Waals surface area contributed by atoms with Crippen LogP contribution in [0, 0.1) is 17.7 Å². The molecule has 1 aromatic heterocycles. The number of benzene rings is 1. The second kappa shape index (κ2) is 5.72. The summed E-state index contributed by atoms with van der Waals surface area (Å²) in [5.74, 6) is 1.64. The fourth-order valence-corrected chi connectivity index (χ4v) is 5.48. The second-order valence-electron chi connectivity index (χ2n) is 5.89. The standard InChI is InChI=1S/C16H19BrFNS/c1-3-10-6-4-5-9(2)14(10)16-19-15-12(18)7-11(17)8-13(15)20-16/h7-10,14H,3-6H2,1-2H3. The maximum Gasteiger partial charge on any atom is 0.151 e. The summed E-state index contributed by atoms with van der Waals surface area (Å²) in [5.41, 5.74) is 0.542. The van der Waals surface area contributed by atoms with Gasteiger partial charge >= 0.3 is 0 Å². The van der Waals surface area contributed by atoms with Gasteiger partial charge in [0.2, 0.25) is 0 Å². The van der Waals surface area contributed by atoms with E-state index in [9.17, 15) is 4.39 Å². The van der Waals surface area contributed by atoms with Crippen molar-refractivity contribution in [3.8, 4) is 0 Å². The van der Waals surface area contributed by atoms with Crippen LogP contribution in [0.1, 0.15) is 50.5 Å². The highest BCUT2D eigenvalue weighted by molar-refractivity contribution is 9.10. The van der Waals surface area contributed by atoms with E-state index in [-0.39, 0.29) is 5.82 Å². The Morgan fingerprint density at radius 1 is 1.40 bits per heavy atom. The van der Waals surface area contributed by atoms with Crippen LogP contribution >= 0.6 is 27.3 Å². The molecule has 0 aliphatic heterocycles. The van der Waals surface area contributed by atoms with Crippen molar-refractivity contribution in [1.29, 1.82) is 0 Å². The van der Waals surface area contributed by atoms with Crippen LogP contribution in [-0.2, 0) is 0 Å². The number of nitrogens with zero attached hydrogens (tertiary/aromatic N) is 1. The van der Waals surface area contributed by atoms with E-state index < -0.39 is 0 Å². The van der Waals surface area contributed by atoms with Gasteiger partial charge in [0, 0.05) is 10.4 Å². The fraction of sp³-hybridized carbons (Fsp3) is 0.562. The minimum absolute atomic E-state index is 0.214. The zero-order valence-electron chi connectivity index (χ0n) is 11.8. The molecular weight excluding hydrogens is 337 g/mol. The lowest BCUT2D eigenvalue weighted by Crippen LogP contribution is -2.24. The number of thiazole rings is 1. The molecule has 2 aromatic rings. The summed E-state index contributed by atoms with van der Waals surface area (Å²) in [4.78, 5) is 4.65. The van der Waals surface area contributed by atoms with Gasteiger partial charge < -0.3 is 0 Å². The molecule has 4 heteroatoms. The first kappa shape index (κ1) is 14.5. The maximum absolute atomic E-state index is 14.0. The zero-order chi connectivity index (χ0) is 14.3. The molecule has 0 N–H and O–H groups in total. The van der Waals surface area contributed by atoms with E-state index in [1.807, 2.05) is 6.07 Å². The molecule has 0 amide bonds. The van der Waals surface area contributed by atoms with E-state index in [1.54, 1.807) is 11.3 Å². The molecule has 0 bridgehead atoms. The third-order valence-electron chi connectivity index (χ3n) is 4.59. The number of hydrogen-bond acceptors (Lipinski definition) is 2. The van der Waals surface area contributed by atoms with Gasteiger partial charge in [-0.1, -0.05) is 49.0 Å². The van der Waals surface area contributed by atoms with E-state index in [0.717, 1.165) is 14.2 Å². The summed E-state index contributed by atoms with van der Waals surface area (Å²) >= 11 is 5.04. The molecule has 1 aliphatic carbocycles. The van der Waals surface area contributed by atoms with Gasteiger partial charge in [-0.25, -0.2) is 9.37 Å². The molecule has 1 aliphatic rings. The predicted octanol–water partition coefficient (Wildman–Crippen LogP) is 6.13. The van der Waals surface area contributed by atoms with Gasteiger partial charge in [-0.3, -0.25) is 0 Å². The summed E-state index contributed by atoms with van der Waals surface area (Å²) in [6.45, 7) is 4.59. The van der Waals surface area contributed by atoms with E-state index in [1.165, 1.54) is 31.7 Å². The minimum Gasteiger partial charge on any atom is -0.238 e. The van der Waals surface area contributed by atoms with E-state index >= 15 is 0 Å². The number of halogens is 2. The Morgan fingerprint density at radius 2 is 2.20 bits per heavy atom. The molecule has 20 heavy (non-hydrogen) atoms. The summed E-state index contributed by atoms with van der Waals surface area (Å²) in [6.07, 6.45) is 5.06. The van der Waals surface area contributed by atoms with Gasteiger partial charge in [0.25, 0.3) is 0 Å². The number of fused-ring (bicyclic) bond motifs is 1. The van der Waals surface area contributed by atoms with Crippen LogP contribution in [0.15, 0.2) is 16.6 Å².